The minimum Gasteiger partial charge on any atom is -0.507 e. The summed E-state index contributed by atoms with van der Waals surface area (Å²) in [6, 6.07) is 21.1. The van der Waals surface area contributed by atoms with Gasteiger partial charge in [0.15, 0.2) is 11.5 Å². The molecule has 1 fully saturated rings. The van der Waals surface area contributed by atoms with Crippen molar-refractivity contribution >= 4 is 33.4 Å². The molecule has 34 heavy (non-hydrogen) atoms. The molecule has 174 valence electrons. The van der Waals surface area contributed by atoms with E-state index in [1.165, 1.54) is 4.90 Å². The highest BCUT2D eigenvalue weighted by molar-refractivity contribution is 9.10. The summed E-state index contributed by atoms with van der Waals surface area (Å²) >= 11 is 3.38. The summed E-state index contributed by atoms with van der Waals surface area (Å²) in [5.74, 6) is -0.301. The van der Waals surface area contributed by atoms with E-state index in [-0.39, 0.29) is 17.9 Å². The summed E-state index contributed by atoms with van der Waals surface area (Å²) < 4.78 is 11.5. The number of hydrogen-bond donors (Lipinski definition) is 1. The van der Waals surface area contributed by atoms with Crippen LogP contribution < -0.4 is 9.47 Å². The highest BCUT2D eigenvalue weighted by Crippen LogP contribution is 2.39. The molecule has 1 N–H and O–H groups in total. The number of hydrogen-bond acceptors (Lipinski definition) is 5. The van der Waals surface area contributed by atoms with Crippen LogP contribution in [0.4, 0.5) is 0 Å². The van der Waals surface area contributed by atoms with Gasteiger partial charge in [-0.05, 0) is 41.8 Å². The third kappa shape index (κ3) is 4.56. The van der Waals surface area contributed by atoms with E-state index in [2.05, 4.69) is 15.9 Å². The summed E-state index contributed by atoms with van der Waals surface area (Å²) in [7, 11) is 3.14. The van der Waals surface area contributed by atoms with Gasteiger partial charge in [0.25, 0.3) is 11.7 Å². The average molecular weight is 522 g/mol. The van der Waals surface area contributed by atoms with E-state index in [0.717, 1.165) is 15.6 Å². The normalized spacial score (nSPS) is 17.1. The van der Waals surface area contributed by atoms with Crippen LogP contribution in [0, 0.1) is 0 Å². The third-order valence-corrected chi connectivity index (χ3v) is 6.39. The third-order valence-electron chi connectivity index (χ3n) is 5.86. The zero-order valence-corrected chi connectivity index (χ0v) is 20.4. The molecule has 1 saturated heterocycles. The number of methoxy groups -OCH3 is 2. The maximum atomic E-state index is 13.1. The van der Waals surface area contributed by atoms with Gasteiger partial charge in [-0.1, -0.05) is 64.5 Å². The minimum absolute atomic E-state index is 0.0887. The standard InChI is InChI=1S/C27H24BrNO5/c1-33-21-13-8-17(16-22(21)34-2)14-15-29-24(18-6-4-3-5-7-18)23(26(31)27(29)32)25(30)19-9-11-20(28)12-10-19/h3-13,16,24,30H,14-15H2,1-2H3/t24-/m0/s1. The van der Waals surface area contributed by atoms with Crippen molar-refractivity contribution in [1.29, 1.82) is 0 Å². The molecule has 0 radical (unpaired) electrons. The molecule has 0 spiro atoms. The Kier molecular flexibility index (Phi) is 7.03. The van der Waals surface area contributed by atoms with Gasteiger partial charge in [0.2, 0.25) is 0 Å². The van der Waals surface area contributed by atoms with Crippen LogP contribution in [0.5, 0.6) is 11.5 Å². The molecule has 1 aliphatic rings. The topological polar surface area (TPSA) is 76.1 Å². The molecule has 1 heterocycles. The molecular formula is C27H24BrNO5. The van der Waals surface area contributed by atoms with Gasteiger partial charge in [-0.25, -0.2) is 0 Å². The highest BCUT2D eigenvalue weighted by atomic mass is 79.9. The zero-order chi connectivity index (χ0) is 24.2. The second-order valence-electron chi connectivity index (χ2n) is 7.85. The number of carbonyl (C=O) groups is 2. The number of benzene rings is 3. The van der Waals surface area contributed by atoms with Crippen molar-refractivity contribution in [2.45, 2.75) is 12.5 Å². The first kappa shape index (κ1) is 23.6. The molecule has 0 aromatic heterocycles. The van der Waals surface area contributed by atoms with Gasteiger partial charge < -0.3 is 19.5 Å². The summed E-state index contributed by atoms with van der Waals surface area (Å²) in [4.78, 5) is 27.8. The largest absolute Gasteiger partial charge is 0.507 e. The van der Waals surface area contributed by atoms with Gasteiger partial charge in [0.05, 0.1) is 25.8 Å². The molecule has 1 atom stereocenters. The van der Waals surface area contributed by atoms with Crippen molar-refractivity contribution in [3.63, 3.8) is 0 Å². The fraction of sp³-hybridized carbons (Fsp3) is 0.185. The molecule has 3 aromatic carbocycles. The quantitative estimate of drug-likeness (QED) is 0.265. The van der Waals surface area contributed by atoms with Crippen molar-refractivity contribution in [1.82, 2.24) is 4.90 Å². The Morgan fingerprint density at radius 2 is 1.62 bits per heavy atom. The van der Waals surface area contributed by atoms with Crippen molar-refractivity contribution in [3.05, 3.63) is 99.5 Å². The predicted molar refractivity (Wildman–Crippen MR) is 133 cm³/mol. The molecule has 4 rings (SSSR count). The monoisotopic (exact) mass is 521 g/mol. The Bertz CT molecular complexity index is 1240. The van der Waals surface area contributed by atoms with Crippen LogP contribution in [0.3, 0.4) is 0 Å². The van der Waals surface area contributed by atoms with Crippen LogP contribution in [0.25, 0.3) is 5.76 Å². The number of aliphatic hydroxyl groups is 1. The average Bonchev–Trinajstić information content (AvgIpc) is 3.12. The summed E-state index contributed by atoms with van der Waals surface area (Å²) in [6.07, 6.45) is 0.495. The highest BCUT2D eigenvalue weighted by Gasteiger charge is 2.45. The van der Waals surface area contributed by atoms with Gasteiger partial charge in [-0.2, -0.15) is 0 Å². The number of carbonyl (C=O) groups excluding carboxylic acids is 2. The number of amides is 1. The van der Waals surface area contributed by atoms with Gasteiger partial charge in [0.1, 0.15) is 5.76 Å². The molecule has 0 saturated carbocycles. The summed E-state index contributed by atoms with van der Waals surface area (Å²) in [5.41, 5.74) is 2.25. The van der Waals surface area contributed by atoms with Gasteiger partial charge >= 0.3 is 0 Å². The molecular weight excluding hydrogens is 498 g/mol. The Morgan fingerprint density at radius 3 is 2.26 bits per heavy atom. The molecule has 1 aliphatic heterocycles. The molecule has 1 amide bonds. The lowest BCUT2D eigenvalue weighted by molar-refractivity contribution is -0.139. The Hall–Kier alpha value is -3.58. The van der Waals surface area contributed by atoms with E-state index < -0.39 is 17.7 Å². The number of rotatable bonds is 7. The van der Waals surface area contributed by atoms with Crippen molar-refractivity contribution in [2.75, 3.05) is 20.8 Å². The number of aliphatic hydroxyl groups excluding tert-OH is 1. The van der Waals surface area contributed by atoms with Crippen molar-refractivity contribution in [2.24, 2.45) is 0 Å². The molecule has 0 unspecified atom stereocenters. The van der Waals surface area contributed by atoms with Crippen LogP contribution in [0.15, 0.2) is 82.8 Å². The smallest absolute Gasteiger partial charge is 0.295 e. The SMILES string of the molecule is COc1ccc(CCN2C(=O)C(=O)C(=C(O)c3ccc(Br)cc3)[C@@H]2c2ccccc2)cc1OC. The van der Waals surface area contributed by atoms with Crippen LogP contribution in [0.2, 0.25) is 0 Å². The number of halogens is 1. The number of Topliss-reactive ketones (excluding diaryl/α,β-unsaturated/α-hetero) is 1. The Balaban J connectivity index is 1.72. The number of ketones is 1. The number of likely N-dealkylation sites (tertiary alicyclic amines) is 1. The fourth-order valence-corrected chi connectivity index (χ4v) is 4.41. The van der Waals surface area contributed by atoms with E-state index in [1.807, 2.05) is 48.5 Å². The lowest BCUT2D eigenvalue weighted by atomic mass is 9.95. The van der Waals surface area contributed by atoms with E-state index >= 15 is 0 Å². The van der Waals surface area contributed by atoms with Crippen LogP contribution in [-0.4, -0.2) is 42.5 Å². The molecule has 7 heteroatoms. The molecule has 0 bridgehead atoms. The molecule has 0 aliphatic carbocycles. The van der Waals surface area contributed by atoms with E-state index in [1.54, 1.807) is 38.5 Å². The molecule has 3 aromatic rings. The van der Waals surface area contributed by atoms with Gasteiger partial charge in [-0.3, -0.25) is 9.59 Å². The summed E-state index contributed by atoms with van der Waals surface area (Å²) in [5, 5.41) is 11.1. The van der Waals surface area contributed by atoms with Crippen LogP contribution in [0.1, 0.15) is 22.7 Å². The minimum atomic E-state index is -0.693. The first-order valence-electron chi connectivity index (χ1n) is 10.7. The first-order valence-corrected chi connectivity index (χ1v) is 11.5. The van der Waals surface area contributed by atoms with Gasteiger partial charge in [0, 0.05) is 16.6 Å². The summed E-state index contributed by atoms with van der Waals surface area (Å²) in [6.45, 7) is 0.288. The fourth-order valence-electron chi connectivity index (χ4n) is 4.14. The second-order valence-corrected chi connectivity index (χ2v) is 8.77. The van der Waals surface area contributed by atoms with Crippen molar-refractivity contribution < 1.29 is 24.2 Å². The lowest BCUT2D eigenvalue weighted by Crippen LogP contribution is -2.31. The maximum absolute atomic E-state index is 13.1. The number of ether oxygens (including phenoxy) is 2. The zero-order valence-electron chi connectivity index (χ0n) is 18.8. The maximum Gasteiger partial charge on any atom is 0.295 e. The lowest BCUT2D eigenvalue weighted by Gasteiger charge is -2.25. The number of nitrogens with zero attached hydrogens (tertiary/aromatic N) is 1. The Morgan fingerprint density at radius 1 is 0.941 bits per heavy atom. The van der Waals surface area contributed by atoms with Crippen LogP contribution >= 0.6 is 15.9 Å². The Labute approximate surface area is 206 Å². The van der Waals surface area contributed by atoms with E-state index in [0.29, 0.717) is 23.5 Å². The molecule has 6 nitrogen and oxygen atoms in total. The van der Waals surface area contributed by atoms with Gasteiger partial charge in [-0.15, -0.1) is 0 Å². The van der Waals surface area contributed by atoms with E-state index in [9.17, 15) is 14.7 Å². The van der Waals surface area contributed by atoms with Crippen LogP contribution in [-0.2, 0) is 16.0 Å². The van der Waals surface area contributed by atoms with E-state index in [4.69, 9.17) is 9.47 Å². The van der Waals surface area contributed by atoms with Crippen molar-refractivity contribution in [3.8, 4) is 11.5 Å². The second kappa shape index (κ2) is 10.1. The first-order chi connectivity index (χ1) is 16.4. The predicted octanol–water partition coefficient (Wildman–Crippen LogP) is 5.13.